The maximum atomic E-state index is 11.9. The highest BCUT2D eigenvalue weighted by molar-refractivity contribution is 7.51. The van der Waals surface area contributed by atoms with E-state index >= 15 is 0 Å². The van der Waals surface area contributed by atoms with Gasteiger partial charge in [-0.2, -0.15) is 0 Å². The number of aromatic hydroxyl groups is 1. The van der Waals surface area contributed by atoms with Crippen molar-refractivity contribution >= 4 is 43.5 Å². The lowest BCUT2D eigenvalue weighted by Crippen LogP contribution is -2.51. The third-order valence-electron chi connectivity index (χ3n) is 5.07. The van der Waals surface area contributed by atoms with Crippen LogP contribution < -0.4 is 10.6 Å². The second-order valence-corrected chi connectivity index (χ2v) is 10.2. The first-order valence-electron chi connectivity index (χ1n) is 11.3. The highest BCUT2D eigenvalue weighted by Gasteiger charge is 2.28. The van der Waals surface area contributed by atoms with E-state index in [1.54, 1.807) is 13.0 Å². The van der Waals surface area contributed by atoms with Gasteiger partial charge in [0.1, 0.15) is 17.8 Å². The summed E-state index contributed by atoms with van der Waals surface area (Å²) in [6.07, 6.45) is -2.42. The summed E-state index contributed by atoms with van der Waals surface area (Å²) in [6.45, 7) is 1.63. The van der Waals surface area contributed by atoms with Gasteiger partial charge < -0.3 is 51.1 Å². The Balaban J connectivity index is 0.000000919. The van der Waals surface area contributed by atoms with Gasteiger partial charge in [-0.3, -0.25) is 18.9 Å². The number of rotatable bonds is 15. The van der Waals surface area contributed by atoms with Crippen molar-refractivity contribution < 1.29 is 73.8 Å². The molecule has 0 bridgehead atoms. The minimum Gasteiger partial charge on any atom is -0.508 e. The third kappa shape index (κ3) is 15.9. The molecule has 0 aliphatic heterocycles. The summed E-state index contributed by atoms with van der Waals surface area (Å²) in [5, 5.41) is 57.3. The molecule has 0 heterocycles. The van der Waals surface area contributed by atoms with E-state index < -0.39 is 80.5 Å². The SMILES string of the molecule is Cc1cc(C[C@H](NC(=O)N[C@@H](CCC(=O)O)C(=O)O)C(=O)O)ccc1O.O=C(O)CCC(CP(=O)(O)O)C(=O)O. The van der Waals surface area contributed by atoms with Gasteiger partial charge in [-0.25, -0.2) is 14.4 Å². The number of phenols is 1. The molecule has 18 heteroatoms. The minimum atomic E-state index is -4.41. The molecule has 0 spiro atoms. The second-order valence-electron chi connectivity index (χ2n) is 8.47. The number of carbonyl (C=O) groups excluding carboxylic acids is 1. The van der Waals surface area contributed by atoms with Gasteiger partial charge in [-0.15, -0.1) is 0 Å². The van der Waals surface area contributed by atoms with Crippen LogP contribution in [0, 0.1) is 12.8 Å². The third-order valence-corrected chi connectivity index (χ3v) is 5.99. The molecule has 0 fully saturated rings. The van der Waals surface area contributed by atoms with Crippen molar-refractivity contribution in [2.45, 2.75) is 51.1 Å². The molecule has 1 rings (SSSR count). The number of phenolic OH excluding ortho intramolecular Hbond substituents is 1. The summed E-state index contributed by atoms with van der Waals surface area (Å²) in [5.74, 6) is -7.83. The van der Waals surface area contributed by atoms with Gasteiger partial charge in [0.05, 0.1) is 12.1 Å². The fourth-order valence-corrected chi connectivity index (χ4v) is 3.95. The molecule has 0 radical (unpaired) electrons. The van der Waals surface area contributed by atoms with Gasteiger partial charge in [0, 0.05) is 19.3 Å². The molecule has 0 aliphatic rings. The Morgan fingerprint density at radius 1 is 0.800 bits per heavy atom. The van der Waals surface area contributed by atoms with Crippen molar-refractivity contribution in [3.63, 3.8) is 0 Å². The number of amides is 2. The normalized spacial score (nSPS) is 13.0. The number of carboxylic acids is 5. The van der Waals surface area contributed by atoms with Gasteiger partial charge in [0.25, 0.3) is 0 Å². The lowest BCUT2D eigenvalue weighted by molar-refractivity contribution is -0.143. The van der Waals surface area contributed by atoms with Gasteiger partial charge in [-0.05, 0) is 37.0 Å². The first-order valence-corrected chi connectivity index (χ1v) is 13.1. The van der Waals surface area contributed by atoms with Crippen LogP contribution in [0.4, 0.5) is 4.79 Å². The summed E-state index contributed by atoms with van der Waals surface area (Å²) >= 11 is 0. The first kappa shape index (κ1) is 35.8. The number of carbonyl (C=O) groups is 6. The predicted octanol–water partition coefficient (Wildman–Crippen LogP) is 0.0432. The molecular formula is C22H31N2O15P. The van der Waals surface area contributed by atoms with Crippen LogP contribution in [0.2, 0.25) is 0 Å². The van der Waals surface area contributed by atoms with Crippen LogP contribution in [-0.2, 0) is 35.0 Å². The lowest BCUT2D eigenvalue weighted by atomic mass is 10.0. The van der Waals surface area contributed by atoms with E-state index in [1.807, 2.05) is 5.32 Å². The Morgan fingerprint density at radius 2 is 1.30 bits per heavy atom. The first-order chi connectivity index (χ1) is 18.3. The molecule has 1 aromatic carbocycles. The van der Waals surface area contributed by atoms with Crippen LogP contribution in [-0.4, -0.2) is 94.5 Å². The van der Waals surface area contributed by atoms with Crippen LogP contribution in [0.15, 0.2) is 18.2 Å². The number of aryl methyl sites for hydroxylation is 1. The molecule has 0 aliphatic carbocycles. The van der Waals surface area contributed by atoms with E-state index in [9.17, 15) is 43.5 Å². The zero-order valence-electron chi connectivity index (χ0n) is 21.1. The van der Waals surface area contributed by atoms with E-state index in [4.69, 9.17) is 30.2 Å². The summed E-state index contributed by atoms with van der Waals surface area (Å²) in [5.41, 5.74) is 1.09. The number of carboxylic acid groups (broad SMARTS) is 5. The largest absolute Gasteiger partial charge is 0.508 e. The topological polar surface area (TPSA) is 305 Å². The lowest BCUT2D eigenvalue weighted by Gasteiger charge is -2.18. The van der Waals surface area contributed by atoms with Gasteiger partial charge in [-0.1, -0.05) is 12.1 Å². The predicted molar refractivity (Wildman–Crippen MR) is 133 cm³/mol. The van der Waals surface area contributed by atoms with Crippen LogP contribution in [0.3, 0.4) is 0 Å². The van der Waals surface area contributed by atoms with Crippen molar-refractivity contribution in [2.24, 2.45) is 5.92 Å². The van der Waals surface area contributed by atoms with Crippen molar-refractivity contribution in [2.75, 3.05) is 6.16 Å². The Hall–Kier alpha value is -4.21. The Labute approximate surface area is 226 Å². The van der Waals surface area contributed by atoms with Gasteiger partial charge >= 0.3 is 43.5 Å². The molecule has 0 aromatic heterocycles. The maximum absolute atomic E-state index is 11.9. The fourth-order valence-electron chi connectivity index (χ4n) is 3.04. The maximum Gasteiger partial charge on any atom is 0.326 e. The standard InChI is InChI=1S/C16H20N2O8.C6H11O7P/c1-8-6-9(2-4-12(8)19)7-11(15(24)25)18-16(26)17-10(14(22)23)3-5-13(20)21;7-5(8)2-1-4(6(9)10)3-14(11,12)13/h2,4,6,10-11,19H,3,5,7H2,1H3,(H,20,21)(H,22,23)(H,24,25)(H2,17,18,26);4H,1-3H2,(H,7,8)(H,9,10)(H2,11,12,13)/t10-,11-;/m0./s1. The highest BCUT2D eigenvalue weighted by atomic mass is 31.2. The summed E-state index contributed by atoms with van der Waals surface area (Å²) < 4.78 is 10.5. The highest BCUT2D eigenvalue weighted by Crippen LogP contribution is 2.38. The smallest absolute Gasteiger partial charge is 0.326 e. The Morgan fingerprint density at radius 3 is 1.73 bits per heavy atom. The number of hydrogen-bond donors (Lipinski definition) is 10. The monoisotopic (exact) mass is 594 g/mol. The average molecular weight is 594 g/mol. The zero-order chi connectivity index (χ0) is 31.2. The quantitative estimate of drug-likeness (QED) is 0.120. The molecule has 224 valence electrons. The number of urea groups is 1. The Bertz CT molecular complexity index is 1130. The molecule has 10 N–H and O–H groups in total. The molecule has 1 aromatic rings. The second kappa shape index (κ2) is 16.7. The summed E-state index contributed by atoms with van der Waals surface area (Å²) in [6, 6.07) is 0.633. The molecule has 0 saturated carbocycles. The van der Waals surface area contributed by atoms with Crippen molar-refractivity contribution in [1.82, 2.24) is 10.6 Å². The average Bonchev–Trinajstić information content (AvgIpc) is 2.80. The van der Waals surface area contributed by atoms with E-state index in [2.05, 4.69) is 5.32 Å². The molecule has 17 nitrogen and oxygen atoms in total. The number of hydrogen-bond acceptors (Lipinski definition) is 8. The molecule has 0 saturated heterocycles. The molecule has 3 atom stereocenters. The summed E-state index contributed by atoms with van der Waals surface area (Å²) in [4.78, 5) is 82.4. The van der Waals surface area contributed by atoms with Crippen molar-refractivity contribution in [3.05, 3.63) is 29.3 Å². The van der Waals surface area contributed by atoms with E-state index in [0.717, 1.165) is 0 Å². The van der Waals surface area contributed by atoms with Crippen LogP contribution >= 0.6 is 7.60 Å². The van der Waals surface area contributed by atoms with E-state index in [0.29, 0.717) is 11.1 Å². The Kier molecular flexibility index (Phi) is 14.9. The number of nitrogens with one attached hydrogen (secondary N) is 2. The van der Waals surface area contributed by atoms with Crippen LogP contribution in [0.1, 0.15) is 36.8 Å². The van der Waals surface area contributed by atoms with E-state index in [-0.39, 0.29) is 25.0 Å². The molecule has 2 amide bonds. The van der Waals surface area contributed by atoms with Crippen LogP contribution in [0.5, 0.6) is 5.75 Å². The number of benzene rings is 1. The minimum absolute atomic E-state index is 0.0501. The number of aliphatic carboxylic acids is 5. The van der Waals surface area contributed by atoms with Crippen LogP contribution in [0.25, 0.3) is 0 Å². The zero-order valence-corrected chi connectivity index (χ0v) is 22.0. The molecular weight excluding hydrogens is 563 g/mol. The van der Waals surface area contributed by atoms with Crippen molar-refractivity contribution in [1.29, 1.82) is 0 Å². The summed E-state index contributed by atoms with van der Waals surface area (Å²) in [7, 11) is -4.41. The van der Waals surface area contributed by atoms with Gasteiger partial charge in [0.2, 0.25) is 0 Å². The van der Waals surface area contributed by atoms with Crippen molar-refractivity contribution in [3.8, 4) is 5.75 Å². The van der Waals surface area contributed by atoms with E-state index in [1.165, 1.54) is 12.1 Å². The molecule has 40 heavy (non-hydrogen) atoms. The fraction of sp³-hybridized carbons (Fsp3) is 0.455. The van der Waals surface area contributed by atoms with Gasteiger partial charge in [0.15, 0.2) is 0 Å². The molecule has 1 unspecified atom stereocenters.